The summed E-state index contributed by atoms with van der Waals surface area (Å²) in [7, 11) is -0.667. The minimum absolute atomic E-state index is 0.0111. The van der Waals surface area contributed by atoms with Crippen molar-refractivity contribution in [2.24, 2.45) is 7.05 Å². The zero-order valence-corrected chi connectivity index (χ0v) is 27.6. The van der Waals surface area contributed by atoms with Crippen LogP contribution in [0.25, 0.3) is 0 Å². The molecule has 0 bridgehead atoms. The standard InChI is InChI=1S/C15H11ClF3NO4.C12H14N6O7S/c1-2-23-14-8-10(4-5-12(14)20(21)22)24-13-6-3-9(7-11(13)16)15(17,18)19;1-18-9(6(5-13-18)10(19)20)26(22,23)17-12(21)16-11-14-7(24-2)4-8(15-11)25-3/h3-8H,2H2,1H3;4-5H,1-3H3,(H,19,20)(H2,14,15,16,17,21). The number of ether oxygens (including phenoxy) is 4. The fraction of sp³-hybridized carbons (Fsp3) is 0.222. The number of alkyl halides is 3. The molecule has 0 aliphatic heterocycles. The van der Waals surface area contributed by atoms with Crippen molar-refractivity contribution in [2.45, 2.75) is 18.1 Å². The highest BCUT2D eigenvalue weighted by Crippen LogP contribution is 2.38. The minimum atomic E-state index is -4.53. The van der Waals surface area contributed by atoms with E-state index in [-0.39, 0.29) is 52.3 Å². The molecule has 0 aliphatic carbocycles. The number of nitro benzene ring substituents is 1. The van der Waals surface area contributed by atoms with Crippen molar-refractivity contribution < 1.29 is 60.2 Å². The second-order valence-electron chi connectivity index (χ2n) is 9.19. The molecule has 0 unspecified atom stereocenters. The number of sulfonamides is 1. The highest BCUT2D eigenvalue weighted by atomic mass is 35.5. The SMILES string of the molecule is CCOc1cc(Oc2ccc(C(F)(F)F)cc2Cl)ccc1[N+](=O)[O-].COc1cc(OC)nc(NC(=O)NS(=O)(=O)c2c(C(=O)O)cnn2C)n1. The molecule has 2 heterocycles. The zero-order chi connectivity index (χ0) is 37.4. The molecule has 50 heavy (non-hydrogen) atoms. The number of hydrogen-bond acceptors (Lipinski definition) is 13. The van der Waals surface area contributed by atoms with Crippen LogP contribution in [0.1, 0.15) is 22.8 Å². The number of urea groups is 1. The first-order valence-corrected chi connectivity index (χ1v) is 15.3. The number of nitro groups is 1. The van der Waals surface area contributed by atoms with Gasteiger partial charge in [0, 0.05) is 19.2 Å². The van der Waals surface area contributed by atoms with Gasteiger partial charge in [-0.25, -0.2) is 14.3 Å². The number of carbonyl (C=O) groups is 2. The molecule has 0 radical (unpaired) electrons. The number of carboxylic acid groups (broad SMARTS) is 1. The van der Waals surface area contributed by atoms with Crippen LogP contribution in [0.3, 0.4) is 0 Å². The van der Waals surface area contributed by atoms with Gasteiger partial charge < -0.3 is 24.1 Å². The first-order valence-electron chi connectivity index (χ1n) is 13.4. The van der Waals surface area contributed by atoms with Gasteiger partial charge in [0.25, 0.3) is 10.0 Å². The number of methoxy groups -OCH3 is 2. The number of benzene rings is 2. The molecular formula is C27H25ClF3N7O11S. The maximum absolute atomic E-state index is 12.6. The topological polar surface area (TPSA) is 236 Å². The third kappa shape index (κ3) is 9.82. The normalized spacial score (nSPS) is 11.0. The number of aromatic carboxylic acids is 1. The van der Waals surface area contributed by atoms with Crippen LogP contribution >= 0.6 is 11.6 Å². The first kappa shape index (κ1) is 38.5. The maximum Gasteiger partial charge on any atom is 0.416 e. The van der Waals surface area contributed by atoms with E-state index in [0.717, 1.165) is 29.1 Å². The lowest BCUT2D eigenvalue weighted by Gasteiger charge is -2.12. The Morgan fingerprint density at radius 2 is 1.70 bits per heavy atom. The van der Waals surface area contributed by atoms with Crippen LogP contribution in [0.4, 0.5) is 29.6 Å². The Morgan fingerprint density at radius 3 is 2.22 bits per heavy atom. The van der Waals surface area contributed by atoms with Gasteiger partial charge in [0.2, 0.25) is 23.5 Å². The molecule has 0 fully saturated rings. The molecule has 0 aliphatic rings. The van der Waals surface area contributed by atoms with Crippen molar-refractivity contribution in [2.75, 3.05) is 26.1 Å². The third-order valence-electron chi connectivity index (χ3n) is 5.83. The number of nitrogens with one attached hydrogen (secondary N) is 2. The molecule has 4 rings (SSSR count). The van der Waals surface area contributed by atoms with Gasteiger partial charge in [-0.05, 0) is 31.2 Å². The fourth-order valence-electron chi connectivity index (χ4n) is 3.72. The lowest BCUT2D eigenvalue weighted by molar-refractivity contribution is -0.385. The van der Waals surface area contributed by atoms with E-state index in [1.807, 2.05) is 0 Å². The smallest absolute Gasteiger partial charge is 0.416 e. The Labute approximate surface area is 284 Å². The van der Waals surface area contributed by atoms with E-state index in [1.165, 1.54) is 45.5 Å². The number of anilines is 1. The average Bonchev–Trinajstić information content (AvgIpc) is 3.44. The summed E-state index contributed by atoms with van der Waals surface area (Å²) in [5.41, 5.74) is -1.74. The molecule has 0 saturated heterocycles. The number of hydrogen-bond donors (Lipinski definition) is 3. The van der Waals surface area contributed by atoms with Gasteiger partial charge in [-0.15, -0.1) is 0 Å². The van der Waals surface area contributed by atoms with Gasteiger partial charge in [-0.1, -0.05) is 11.6 Å². The second kappa shape index (κ2) is 16.0. The van der Waals surface area contributed by atoms with Crippen molar-refractivity contribution in [3.05, 3.63) is 74.9 Å². The second-order valence-corrected chi connectivity index (χ2v) is 11.2. The number of halogens is 4. The molecule has 0 saturated carbocycles. The number of amides is 2. The molecule has 2 amide bonds. The predicted molar refractivity (Wildman–Crippen MR) is 165 cm³/mol. The van der Waals surface area contributed by atoms with Crippen LogP contribution in [0.2, 0.25) is 5.02 Å². The largest absolute Gasteiger partial charge is 0.487 e. The molecule has 2 aromatic heterocycles. The number of nitrogens with zero attached hydrogens (tertiary/aromatic N) is 5. The van der Waals surface area contributed by atoms with Gasteiger partial charge in [-0.2, -0.15) is 36.7 Å². The quantitative estimate of drug-likeness (QED) is 0.137. The first-order chi connectivity index (χ1) is 23.4. The summed E-state index contributed by atoms with van der Waals surface area (Å²) in [6.45, 7) is 1.86. The molecule has 23 heteroatoms. The van der Waals surface area contributed by atoms with E-state index in [2.05, 4.69) is 20.4 Å². The summed E-state index contributed by atoms with van der Waals surface area (Å²) in [4.78, 5) is 41.0. The summed E-state index contributed by atoms with van der Waals surface area (Å²) in [5, 5.41) is 24.7. The summed E-state index contributed by atoms with van der Waals surface area (Å²) < 4.78 is 85.2. The Kier molecular flexibility index (Phi) is 12.3. The number of aryl methyl sites for hydroxylation is 1. The Bertz CT molecular complexity index is 1990. The number of carbonyl (C=O) groups excluding carboxylic acids is 1. The van der Waals surface area contributed by atoms with Crippen molar-refractivity contribution in [1.82, 2.24) is 24.5 Å². The monoisotopic (exact) mass is 747 g/mol. The van der Waals surface area contributed by atoms with Gasteiger partial charge in [-0.3, -0.25) is 20.1 Å². The van der Waals surface area contributed by atoms with Crippen molar-refractivity contribution in [3.8, 4) is 29.0 Å². The van der Waals surface area contributed by atoms with Crippen molar-refractivity contribution >= 4 is 45.3 Å². The molecule has 2 aromatic carbocycles. The van der Waals surface area contributed by atoms with Gasteiger partial charge >= 0.3 is 23.9 Å². The van der Waals surface area contributed by atoms with Crippen LogP contribution in [0.5, 0.6) is 29.0 Å². The summed E-state index contributed by atoms with van der Waals surface area (Å²) in [5.74, 6) is -1.56. The Morgan fingerprint density at radius 1 is 1.06 bits per heavy atom. The van der Waals surface area contributed by atoms with Crippen molar-refractivity contribution in [1.29, 1.82) is 0 Å². The van der Waals surface area contributed by atoms with Gasteiger partial charge in [0.15, 0.2) is 5.03 Å². The third-order valence-corrected chi connectivity index (χ3v) is 7.58. The number of carboxylic acids is 1. The molecule has 4 aromatic rings. The van der Waals surface area contributed by atoms with Crippen LogP contribution in [0, 0.1) is 10.1 Å². The van der Waals surface area contributed by atoms with E-state index >= 15 is 0 Å². The molecule has 0 atom stereocenters. The predicted octanol–water partition coefficient (Wildman–Crippen LogP) is 4.89. The highest BCUT2D eigenvalue weighted by Gasteiger charge is 2.31. The summed E-state index contributed by atoms with van der Waals surface area (Å²) in [6.07, 6.45) is -3.66. The summed E-state index contributed by atoms with van der Waals surface area (Å²) in [6, 6.07) is 6.52. The minimum Gasteiger partial charge on any atom is -0.487 e. The molecular weight excluding hydrogens is 723 g/mol. The fourth-order valence-corrected chi connectivity index (χ4v) is 5.16. The van der Waals surface area contributed by atoms with E-state index in [4.69, 9.17) is 35.7 Å². The number of aromatic nitrogens is 4. The number of rotatable bonds is 11. The van der Waals surface area contributed by atoms with Crippen LogP contribution in [0.15, 0.2) is 53.7 Å². The Balaban J connectivity index is 0.000000271. The zero-order valence-electron chi connectivity index (χ0n) is 26.0. The molecule has 18 nitrogen and oxygen atoms in total. The van der Waals surface area contributed by atoms with E-state index in [1.54, 1.807) is 11.6 Å². The summed E-state index contributed by atoms with van der Waals surface area (Å²) >= 11 is 5.80. The lowest BCUT2D eigenvalue weighted by Crippen LogP contribution is -2.36. The van der Waals surface area contributed by atoms with Crippen LogP contribution < -0.4 is 29.0 Å². The molecule has 3 N–H and O–H groups in total. The van der Waals surface area contributed by atoms with Crippen LogP contribution in [-0.2, 0) is 23.2 Å². The van der Waals surface area contributed by atoms with E-state index in [9.17, 15) is 41.3 Å². The van der Waals surface area contributed by atoms with E-state index in [0.29, 0.717) is 0 Å². The highest BCUT2D eigenvalue weighted by molar-refractivity contribution is 7.90. The molecule has 268 valence electrons. The average molecular weight is 748 g/mol. The molecule has 0 spiro atoms. The Hall–Kier alpha value is -5.90. The lowest BCUT2D eigenvalue weighted by atomic mass is 10.2. The van der Waals surface area contributed by atoms with E-state index < -0.39 is 49.3 Å². The van der Waals surface area contributed by atoms with Gasteiger partial charge in [0.05, 0.1) is 48.6 Å². The van der Waals surface area contributed by atoms with Crippen molar-refractivity contribution in [3.63, 3.8) is 0 Å². The maximum atomic E-state index is 12.6. The van der Waals surface area contributed by atoms with Gasteiger partial charge in [0.1, 0.15) is 17.1 Å². The van der Waals surface area contributed by atoms with Crippen LogP contribution in [-0.4, -0.2) is 71.0 Å².